The number of hydrogen-bond donors (Lipinski definition) is 1. The van der Waals surface area contributed by atoms with Crippen LogP contribution in [-0.2, 0) is 7.05 Å². The Morgan fingerprint density at radius 2 is 2.27 bits per heavy atom. The predicted molar refractivity (Wildman–Crippen MR) is 54.7 cm³/mol. The van der Waals surface area contributed by atoms with Gasteiger partial charge in [0.1, 0.15) is 17.2 Å². The highest BCUT2D eigenvalue weighted by Gasteiger charge is 2.09. The summed E-state index contributed by atoms with van der Waals surface area (Å²) in [6, 6.07) is 0. The maximum atomic E-state index is 5.85. The van der Waals surface area contributed by atoms with Crippen molar-refractivity contribution in [3.8, 4) is 11.6 Å². The van der Waals surface area contributed by atoms with Crippen LogP contribution >= 0.6 is 11.6 Å². The Balaban J connectivity index is 2.28. The zero-order chi connectivity index (χ0) is 10.8. The van der Waals surface area contributed by atoms with Gasteiger partial charge in [-0.25, -0.2) is 4.98 Å². The summed E-state index contributed by atoms with van der Waals surface area (Å²) < 4.78 is 6.97. The van der Waals surface area contributed by atoms with Gasteiger partial charge in [0.15, 0.2) is 5.75 Å². The van der Waals surface area contributed by atoms with Crippen LogP contribution in [0.2, 0.25) is 5.02 Å². The lowest BCUT2D eigenvalue weighted by atomic mass is 10.5. The van der Waals surface area contributed by atoms with E-state index in [1.807, 2.05) is 0 Å². The van der Waals surface area contributed by atoms with Crippen molar-refractivity contribution in [2.24, 2.45) is 7.05 Å². The molecule has 0 aliphatic heterocycles. The number of nitrogen functional groups attached to an aromatic ring is 1. The predicted octanol–water partition coefficient (Wildman–Crippen LogP) is 1.24. The first-order valence-corrected chi connectivity index (χ1v) is 4.47. The molecule has 0 saturated carbocycles. The minimum Gasteiger partial charge on any atom is -0.434 e. The van der Waals surface area contributed by atoms with Crippen LogP contribution in [0.4, 0.5) is 5.82 Å². The minimum atomic E-state index is 0.186. The van der Waals surface area contributed by atoms with E-state index in [0.717, 1.165) is 0 Å². The lowest BCUT2D eigenvalue weighted by Gasteiger charge is -2.03. The molecule has 0 bridgehead atoms. The molecule has 0 aromatic carbocycles. The van der Waals surface area contributed by atoms with Crippen molar-refractivity contribution in [3.05, 3.63) is 23.7 Å². The third kappa shape index (κ3) is 1.99. The van der Waals surface area contributed by atoms with Gasteiger partial charge in [-0.1, -0.05) is 11.6 Å². The van der Waals surface area contributed by atoms with Crippen molar-refractivity contribution in [3.63, 3.8) is 0 Å². The zero-order valence-electron chi connectivity index (χ0n) is 7.88. The van der Waals surface area contributed by atoms with Crippen molar-refractivity contribution < 1.29 is 4.74 Å². The molecule has 0 aliphatic carbocycles. The molecule has 0 atom stereocenters. The Hall–Kier alpha value is -1.82. The smallest absolute Gasteiger partial charge is 0.243 e. The fraction of sp³-hybridized carbons (Fsp3) is 0.125. The standard InChI is InChI=1S/C8H8ClN5O/c1-14-3-5(2-13-14)15-8-6(9)7(10)11-4-12-8/h2-4H,1H3,(H2,10,11,12). The first kappa shape index (κ1) is 9.72. The fourth-order valence-corrected chi connectivity index (χ4v) is 1.14. The van der Waals surface area contributed by atoms with Crippen LogP contribution in [0.15, 0.2) is 18.7 Å². The summed E-state index contributed by atoms with van der Waals surface area (Å²) in [6.07, 6.45) is 4.52. The highest BCUT2D eigenvalue weighted by atomic mass is 35.5. The topological polar surface area (TPSA) is 78.8 Å². The summed E-state index contributed by atoms with van der Waals surface area (Å²) in [5.74, 6) is 0.945. The summed E-state index contributed by atoms with van der Waals surface area (Å²) in [7, 11) is 1.78. The van der Waals surface area contributed by atoms with Gasteiger partial charge < -0.3 is 10.5 Å². The molecular formula is C8H8ClN5O. The normalized spacial score (nSPS) is 10.3. The number of hydrogen-bond acceptors (Lipinski definition) is 5. The second-order valence-corrected chi connectivity index (χ2v) is 3.21. The van der Waals surface area contributed by atoms with Crippen LogP contribution in [-0.4, -0.2) is 19.7 Å². The third-order valence-corrected chi connectivity index (χ3v) is 2.04. The molecule has 2 aromatic heterocycles. The summed E-state index contributed by atoms with van der Waals surface area (Å²) in [5, 5.41) is 4.13. The molecule has 0 fully saturated rings. The van der Waals surface area contributed by atoms with Gasteiger partial charge in [-0.2, -0.15) is 10.1 Å². The molecular weight excluding hydrogens is 218 g/mol. The van der Waals surface area contributed by atoms with Gasteiger partial charge in [0.25, 0.3) is 0 Å². The van der Waals surface area contributed by atoms with E-state index in [1.165, 1.54) is 6.33 Å². The monoisotopic (exact) mass is 225 g/mol. The summed E-state index contributed by atoms with van der Waals surface area (Å²) in [4.78, 5) is 7.58. The number of aromatic nitrogens is 4. The maximum absolute atomic E-state index is 5.85. The molecule has 7 heteroatoms. The van der Waals surface area contributed by atoms with E-state index in [1.54, 1.807) is 24.1 Å². The lowest BCUT2D eigenvalue weighted by molar-refractivity contribution is 0.461. The average molecular weight is 226 g/mol. The van der Waals surface area contributed by atoms with Crippen LogP contribution < -0.4 is 10.5 Å². The van der Waals surface area contributed by atoms with Crippen LogP contribution in [0.1, 0.15) is 0 Å². The number of anilines is 1. The molecule has 2 aromatic rings. The van der Waals surface area contributed by atoms with Gasteiger partial charge in [-0.15, -0.1) is 0 Å². The third-order valence-electron chi connectivity index (χ3n) is 1.68. The molecule has 2 rings (SSSR count). The Kier molecular flexibility index (Phi) is 2.42. The maximum Gasteiger partial charge on any atom is 0.243 e. The molecule has 0 spiro atoms. The van der Waals surface area contributed by atoms with Gasteiger partial charge in [-0.3, -0.25) is 4.68 Å². The Morgan fingerprint density at radius 3 is 2.93 bits per heavy atom. The number of rotatable bonds is 2. The van der Waals surface area contributed by atoms with E-state index in [9.17, 15) is 0 Å². The first-order chi connectivity index (χ1) is 7.16. The van der Waals surface area contributed by atoms with Gasteiger partial charge in [0.2, 0.25) is 5.88 Å². The SMILES string of the molecule is Cn1cc(Oc2ncnc(N)c2Cl)cn1. The molecule has 15 heavy (non-hydrogen) atoms. The van der Waals surface area contributed by atoms with Crippen LogP contribution in [0, 0.1) is 0 Å². The number of halogens is 1. The van der Waals surface area contributed by atoms with Crippen molar-refractivity contribution in [1.82, 2.24) is 19.7 Å². The molecule has 6 nitrogen and oxygen atoms in total. The van der Waals surface area contributed by atoms with Crippen molar-refractivity contribution in [1.29, 1.82) is 0 Å². The first-order valence-electron chi connectivity index (χ1n) is 4.09. The summed E-state index contributed by atoms with van der Waals surface area (Å²) in [6.45, 7) is 0. The highest BCUT2D eigenvalue weighted by molar-refractivity contribution is 6.34. The molecule has 2 N–H and O–H groups in total. The molecule has 0 aliphatic rings. The lowest BCUT2D eigenvalue weighted by Crippen LogP contribution is -1.95. The second kappa shape index (κ2) is 3.74. The highest BCUT2D eigenvalue weighted by Crippen LogP contribution is 2.29. The van der Waals surface area contributed by atoms with Gasteiger partial charge in [-0.05, 0) is 0 Å². The molecule has 78 valence electrons. The number of nitrogens with two attached hydrogens (primary N) is 1. The van der Waals surface area contributed by atoms with E-state index in [2.05, 4.69) is 15.1 Å². The Bertz CT molecular complexity index is 484. The van der Waals surface area contributed by atoms with E-state index in [-0.39, 0.29) is 16.7 Å². The zero-order valence-corrected chi connectivity index (χ0v) is 8.64. The van der Waals surface area contributed by atoms with Gasteiger partial charge in [0.05, 0.1) is 12.4 Å². The molecule has 0 radical (unpaired) electrons. The van der Waals surface area contributed by atoms with Crippen molar-refractivity contribution in [2.45, 2.75) is 0 Å². The molecule has 2 heterocycles. The van der Waals surface area contributed by atoms with Crippen LogP contribution in [0.25, 0.3) is 0 Å². The molecule has 0 amide bonds. The van der Waals surface area contributed by atoms with Crippen molar-refractivity contribution in [2.75, 3.05) is 5.73 Å². The number of ether oxygens (including phenoxy) is 1. The quantitative estimate of drug-likeness (QED) is 0.832. The van der Waals surface area contributed by atoms with E-state index in [4.69, 9.17) is 22.1 Å². The average Bonchev–Trinajstić information content (AvgIpc) is 2.59. The summed E-state index contributed by atoms with van der Waals surface area (Å²) >= 11 is 5.85. The Labute approximate surface area is 90.7 Å². The molecule has 0 unspecified atom stereocenters. The fourth-order valence-electron chi connectivity index (χ4n) is 1.00. The van der Waals surface area contributed by atoms with E-state index >= 15 is 0 Å². The summed E-state index contributed by atoms with van der Waals surface area (Å²) in [5.41, 5.74) is 5.50. The minimum absolute atomic E-state index is 0.186. The largest absolute Gasteiger partial charge is 0.434 e. The van der Waals surface area contributed by atoms with E-state index < -0.39 is 0 Å². The Morgan fingerprint density at radius 1 is 1.47 bits per heavy atom. The van der Waals surface area contributed by atoms with Crippen LogP contribution in [0.5, 0.6) is 11.6 Å². The van der Waals surface area contributed by atoms with Gasteiger partial charge in [0, 0.05) is 7.05 Å². The number of aryl methyl sites for hydroxylation is 1. The number of nitrogens with zero attached hydrogens (tertiary/aromatic N) is 4. The van der Waals surface area contributed by atoms with E-state index in [0.29, 0.717) is 5.75 Å². The van der Waals surface area contributed by atoms with Gasteiger partial charge >= 0.3 is 0 Å². The van der Waals surface area contributed by atoms with Crippen LogP contribution in [0.3, 0.4) is 0 Å². The second-order valence-electron chi connectivity index (χ2n) is 2.83. The molecule has 0 saturated heterocycles. The van der Waals surface area contributed by atoms with Crippen molar-refractivity contribution >= 4 is 17.4 Å².